The number of carbonyl (C=O) groups is 1. The van der Waals surface area contributed by atoms with Gasteiger partial charge in [-0.15, -0.1) is 0 Å². The summed E-state index contributed by atoms with van der Waals surface area (Å²) in [6.45, 7) is 6.10. The molecule has 0 aliphatic heterocycles. The van der Waals surface area contributed by atoms with Crippen molar-refractivity contribution >= 4 is 27.7 Å². The lowest BCUT2D eigenvalue weighted by atomic mass is 10.2. The van der Waals surface area contributed by atoms with E-state index in [-0.39, 0.29) is 11.9 Å². The van der Waals surface area contributed by atoms with Crippen molar-refractivity contribution in [3.05, 3.63) is 34.2 Å². The third-order valence-corrected chi connectivity index (χ3v) is 3.38. The molecule has 6 heteroatoms. The van der Waals surface area contributed by atoms with Crippen molar-refractivity contribution in [1.29, 1.82) is 0 Å². The van der Waals surface area contributed by atoms with Crippen LogP contribution in [0.4, 0.5) is 5.82 Å². The average molecular weight is 325 g/mol. The summed E-state index contributed by atoms with van der Waals surface area (Å²) < 4.78 is 2.83. The number of aryl methyl sites for hydroxylation is 1. The molecule has 0 atom stereocenters. The van der Waals surface area contributed by atoms with E-state index in [9.17, 15) is 4.79 Å². The zero-order valence-corrected chi connectivity index (χ0v) is 12.8. The summed E-state index contributed by atoms with van der Waals surface area (Å²) in [5.41, 5.74) is 1.62. The molecule has 102 valence electrons. The Balaban J connectivity index is 2.25. The van der Waals surface area contributed by atoms with Crippen molar-refractivity contribution < 1.29 is 4.79 Å². The minimum atomic E-state index is -0.140. The number of anilines is 1. The molecule has 0 aliphatic rings. The molecule has 0 unspecified atom stereocenters. The highest BCUT2D eigenvalue weighted by Crippen LogP contribution is 2.21. The molecule has 0 spiro atoms. The second-order valence-electron chi connectivity index (χ2n) is 4.62. The van der Waals surface area contributed by atoms with Crippen LogP contribution in [0.25, 0.3) is 0 Å². The quantitative estimate of drug-likeness (QED) is 0.905. The van der Waals surface area contributed by atoms with E-state index >= 15 is 0 Å². The number of aromatic nitrogens is 3. The van der Waals surface area contributed by atoms with Crippen molar-refractivity contribution in [2.45, 2.75) is 33.2 Å². The van der Waals surface area contributed by atoms with Crippen LogP contribution >= 0.6 is 15.9 Å². The Kier molecular flexibility index (Phi) is 4.09. The second-order valence-corrected chi connectivity index (χ2v) is 5.54. The number of nitrogens with zero attached hydrogens (tertiary/aromatic N) is 2. The molecule has 2 aromatic heterocycles. The number of hydrogen-bond acceptors (Lipinski definition) is 2. The van der Waals surface area contributed by atoms with E-state index in [4.69, 9.17) is 0 Å². The first-order valence-corrected chi connectivity index (χ1v) is 7.03. The van der Waals surface area contributed by atoms with E-state index < -0.39 is 0 Å². The lowest BCUT2D eigenvalue weighted by Crippen LogP contribution is -2.18. The van der Waals surface area contributed by atoms with Gasteiger partial charge in [-0.1, -0.05) is 6.92 Å². The summed E-state index contributed by atoms with van der Waals surface area (Å²) in [5.74, 6) is 0.526. The van der Waals surface area contributed by atoms with Crippen LogP contribution in [-0.2, 0) is 6.42 Å². The van der Waals surface area contributed by atoms with Gasteiger partial charge < -0.3 is 9.88 Å². The van der Waals surface area contributed by atoms with Crippen molar-refractivity contribution in [2.75, 3.05) is 5.32 Å². The first-order chi connectivity index (χ1) is 9.02. The lowest BCUT2D eigenvalue weighted by Gasteiger charge is -2.12. The number of H-pyrrole nitrogens is 1. The van der Waals surface area contributed by atoms with Crippen LogP contribution in [-0.4, -0.2) is 20.7 Å². The lowest BCUT2D eigenvalue weighted by molar-refractivity contribution is 0.101. The van der Waals surface area contributed by atoms with Gasteiger partial charge in [0.15, 0.2) is 0 Å². The monoisotopic (exact) mass is 324 g/mol. The number of aromatic amines is 1. The van der Waals surface area contributed by atoms with Gasteiger partial charge in [-0.2, -0.15) is 5.10 Å². The SMILES string of the molecule is CCc1cn[nH]c1NC(=O)c1cc(Br)cn1C(C)C. The van der Waals surface area contributed by atoms with E-state index in [1.54, 1.807) is 6.20 Å². The third-order valence-electron chi connectivity index (χ3n) is 2.94. The van der Waals surface area contributed by atoms with Gasteiger partial charge in [0.1, 0.15) is 11.5 Å². The van der Waals surface area contributed by atoms with Crippen LogP contribution in [0.15, 0.2) is 22.9 Å². The average Bonchev–Trinajstić information content (AvgIpc) is 2.95. The number of carbonyl (C=O) groups excluding carboxylic acids is 1. The Hall–Kier alpha value is -1.56. The second kappa shape index (κ2) is 5.61. The number of nitrogens with one attached hydrogen (secondary N) is 2. The molecule has 5 nitrogen and oxygen atoms in total. The normalized spacial score (nSPS) is 11.0. The Labute approximate surface area is 120 Å². The summed E-state index contributed by atoms with van der Waals surface area (Å²) in [7, 11) is 0. The Bertz CT molecular complexity index is 585. The molecule has 2 rings (SSSR count). The number of halogens is 1. The number of amides is 1. The molecule has 0 fully saturated rings. The van der Waals surface area contributed by atoms with Gasteiger partial charge >= 0.3 is 0 Å². The highest BCUT2D eigenvalue weighted by Gasteiger charge is 2.16. The zero-order chi connectivity index (χ0) is 14.0. The Morgan fingerprint density at radius 2 is 2.32 bits per heavy atom. The summed E-state index contributed by atoms with van der Waals surface area (Å²) in [6, 6.07) is 2.04. The van der Waals surface area contributed by atoms with Gasteiger partial charge in [0, 0.05) is 22.3 Å². The van der Waals surface area contributed by atoms with Crippen LogP contribution in [0.2, 0.25) is 0 Å². The molecule has 1 amide bonds. The van der Waals surface area contributed by atoms with E-state index in [1.165, 1.54) is 0 Å². The van der Waals surface area contributed by atoms with Crippen molar-refractivity contribution in [1.82, 2.24) is 14.8 Å². The van der Waals surface area contributed by atoms with Gasteiger partial charge in [0.2, 0.25) is 0 Å². The first kappa shape index (κ1) is 13.9. The summed E-state index contributed by atoms with van der Waals surface area (Å²) in [4.78, 5) is 12.3. The van der Waals surface area contributed by atoms with Crippen molar-refractivity contribution in [3.63, 3.8) is 0 Å². The third kappa shape index (κ3) is 2.89. The standard InChI is InChI=1S/C13H17BrN4O/c1-4-9-6-15-17-12(9)16-13(19)11-5-10(14)7-18(11)8(2)3/h5-8H,4H2,1-3H3,(H2,15,16,17,19). The molecule has 0 saturated heterocycles. The Morgan fingerprint density at radius 3 is 2.95 bits per heavy atom. The maximum atomic E-state index is 12.3. The van der Waals surface area contributed by atoms with Crippen LogP contribution < -0.4 is 5.32 Å². The predicted molar refractivity (Wildman–Crippen MR) is 78.4 cm³/mol. The van der Waals surface area contributed by atoms with E-state index in [2.05, 4.69) is 31.4 Å². The maximum Gasteiger partial charge on any atom is 0.273 e. The minimum Gasteiger partial charge on any atom is -0.340 e. The highest BCUT2D eigenvalue weighted by atomic mass is 79.9. The van der Waals surface area contributed by atoms with Gasteiger partial charge in [-0.25, -0.2) is 0 Å². The molecule has 2 aromatic rings. The first-order valence-electron chi connectivity index (χ1n) is 6.23. The van der Waals surface area contributed by atoms with Crippen LogP contribution in [0.5, 0.6) is 0 Å². The molecule has 0 bridgehead atoms. The predicted octanol–water partition coefficient (Wildman–Crippen LogP) is 3.37. The largest absolute Gasteiger partial charge is 0.340 e. The molecular weight excluding hydrogens is 308 g/mol. The molecule has 19 heavy (non-hydrogen) atoms. The van der Waals surface area contributed by atoms with Crippen LogP contribution in [0, 0.1) is 0 Å². The van der Waals surface area contributed by atoms with Gasteiger partial charge in [0.25, 0.3) is 5.91 Å². The highest BCUT2D eigenvalue weighted by molar-refractivity contribution is 9.10. The summed E-state index contributed by atoms with van der Waals surface area (Å²) >= 11 is 3.40. The molecule has 0 aromatic carbocycles. The van der Waals surface area contributed by atoms with E-state index in [0.29, 0.717) is 11.5 Å². The number of hydrogen-bond donors (Lipinski definition) is 2. The van der Waals surface area contributed by atoms with Crippen molar-refractivity contribution in [2.24, 2.45) is 0 Å². The summed E-state index contributed by atoms with van der Waals surface area (Å²) in [6.07, 6.45) is 4.46. The van der Waals surface area contributed by atoms with Crippen LogP contribution in [0.1, 0.15) is 42.9 Å². The summed E-state index contributed by atoms with van der Waals surface area (Å²) in [5, 5.41) is 9.62. The van der Waals surface area contributed by atoms with Gasteiger partial charge in [-0.05, 0) is 42.3 Å². The maximum absolute atomic E-state index is 12.3. The van der Waals surface area contributed by atoms with E-state index in [1.807, 2.05) is 37.6 Å². The van der Waals surface area contributed by atoms with Gasteiger partial charge in [0.05, 0.1) is 6.20 Å². The van der Waals surface area contributed by atoms with E-state index in [0.717, 1.165) is 16.5 Å². The zero-order valence-electron chi connectivity index (χ0n) is 11.2. The smallest absolute Gasteiger partial charge is 0.273 e. The fraction of sp³-hybridized carbons (Fsp3) is 0.385. The molecule has 0 aliphatic carbocycles. The molecular formula is C13H17BrN4O. The molecule has 2 heterocycles. The fourth-order valence-electron chi connectivity index (χ4n) is 1.92. The molecule has 0 radical (unpaired) electrons. The molecule has 0 saturated carbocycles. The minimum absolute atomic E-state index is 0.140. The topological polar surface area (TPSA) is 62.7 Å². The van der Waals surface area contributed by atoms with Gasteiger partial charge in [-0.3, -0.25) is 9.89 Å². The number of rotatable bonds is 4. The fourth-order valence-corrected chi connectivity index (χ4v) is 2.36. The van der Waals surface area contributed by atoms with Crippen LogP contribution in [0.3, 0.4) is 0 Å². The Morgan fingerprint density at radius 1 is 1.58 bits per heavy atom. The van der Waals surface area contributed by atoms with Crippen molar-refractivity contribution in [3.8, 4) is 0 Å². The molecule has 2 N–H and O–H groups in total.